The van der Waals surface area contributed by atoms with Crippen molar-refractivity contribution in [3.63, 3.8) is 0 Å². The van der Waals surface area contributed by atoms with Gasteiger partial charge in [0.05, 0.1) is 11.6 Å². The number of benzene rings is 3. The zero-order valence-corrected chi connectivity index (χ0v) is 15.5. The maximum Gasteiger partial charge on any atom is 0.229 e. The number of hydrogen-bond donors (Lipinski definition) is 1. The van der Waals surface area contributed by atoms with Crippen molar-refractivity contribution in [3.05, 3.63) is 84.7 Å². The average Bonchev–Trinajstić information content (AvgIpc) is 3.12. The molecule has 5 nitrogen and oxygen atoms in total. The molecule has 0 radical (unpaired) electrons. The zero-order chi connectivity index (χ0) is 20.2. The van der Waals surface area contributed by atoms with Crippen LogP contribution >= 0.6 is 0 Å². The van der Waals surface area contributed by atoms with Crippen LogP contribution in [0.5, 0.6) is 11.5 Å². The van der Waals surface area contributed by atoms with Crippen LogP contribution in [0.1, 0.15) is 6.42 Å². The number of hydrogen-bond acceptors (Lipinski definition) is 3. The third-order valence-corrected chi connectivity index (χ3v) is 4.73. The number of carbonyl (C=O) groups is 2. The van der Waals surface area contributed by atoms with Crippen LogP contribution in [0.3, 0.4) is 0 Å². The Hall–Kier alpha value is -3.67. The highest BCUT2D eigenvalue weighted by Crippen LogP contribution is 2.35. The zero-order valence-electron chi connectivity index (χ0n) is 15.5. The summed E-state index contributed by atoms with van der Waals surface area (Å²) < 4.78 is 19.0. The number of para-hydroxylation sites is 3. The molecule has 1 saturated heterocycles. The standard InChI is InChI=1S/C23H19FN2O3/c24-17-10-12-18(13-11-17)25-23(28)16-14-22(27)26(15-16)20-8-4-5-9-21(20)29-19-6-2-1-3-7-19/h1-13,16H,14-15H2,(H,25,28). The van der Waals surface area contributed by atoms with Crippen molar-refractivity contribution in [1.29, 1.82) is 0 Å². The van der Waals surface area contributed by atoms with Gasteiger partial charge in [0.15, 0.2) is 5.75 Å². The molecule has 0 bridgehead atoms. The number of rotatable bonds is 5. The molecule has 1 aliphatic heterocycles. The van der Waals surface area contributed by atoms with E-state index in [1.54, 1.807) is 17.0 Å². The van der Waals surface area contributed by atoms with Crippen molar-refractivity contribution in [2.24, 2.45) is 5.92 Å². The fourth-order valence-electron chi connectivity index (χ4n) is 3.28. The van der Waals surface area contributed by atoms with Gasteiger partial charge in [0.1, 0.15) is 11.6 Å². The first-order valence-electron chi connectivity index (χ1n) is 9.29. The lowest BCUT2D eigenvalue weighted by Gasteiger charge is -2.20. The van der Waals surface area contributed by atoms with Gasteiger partial charge in [0.2, 0.25) is 11.8 Å². The Balaban J connectivity index is 1.49. The highest BCUT2D eigenvalue weighted by Gasteiger charge is 2.36. The van der Waals surface area contributed by atoms with E-state index >= 15 is 0 Å². The fraction of sp³-hybridized carbons (Fsp3) is 0.130. The smallest absolute Gasteiger partial charge is 0.229 e. The normalized spacial score (nSPS) is 16.0. The van der Waals surface area contributed by atoms with Crippen LogP contribution in [0.15, 0.2) is 78.9 Å². The summed E-state index contributed by atoms with van der Waals surface area (Å²) in [6.07, 6.45) is 0.104. The molecular weight excluding hydrogens is 371 g/mol. The van der Waals surface area contributed by atoms with Crippen LogP contribution in [0, 0.1) is 11.7 Å². The van der Waals surface area contributed by atoms with Crippen molar-refractivity contribution < 1.29 is 18.7 Å². The Bertz CT molecular complexity index is 1020. The molecule has 1 heterocycles. The van der Waals surface area contributed by atoms with Crippen molar-refractivity contribution in [3.8, 4) is 11.5 Å². The maximum absolute atomic E-state index is 13.0. The first kappa shape index (κ1) is 18.7. The number of ether oxygens (including phenoxy) is 1. The number of amides is 2. The van der Waals surface area contributed by atoms with Gasteiger partial charge in [-0.05, 0) is 48.5 Å². The number of halogens is 1. The molecule has 0 spiro atoms. The van der Waals surface area contributed by atoms with Crippen LogP contribution in [-0.4, -0.2) is 18.4 Å². The Kier molecular flexibility index (Phi) is 5.24. The molecule has 0 aliphatic carbocycles. The van der Waals surface area contributed by atoms with Crippen molar-refractivity contribution in [1.82, 2.24) is 0 Å². The molecular formula is C23H19FN2O3. The van der Waals surface area contributed by atoms with Gasteiger partial charge in [-0.1, -0.05) is 30.3 Å². The minimum Gasteiger partial charge on any atom is -0.455 e. The fourth-order valence-corrected chi connectivity index (χ4v) is 3.28. The molecule has 6 heteroatoms. The van der Waals surface area contributed by atoms with Crippen molar-refractivity contribution in [2.75, 3.05) is 16.8 Å². The van der Waals surface area contributed by atoms with Gasteiger partial charge >= 0.3 is 0 Å². The van der Waals surface area contributed by atoms with Gasteiger partial charge in [-0.2, -0.15) is 0 Å². The van der Waals surface area contributed by atoms with E-state index in [-0.39, 0.29) is 30.6 Å². The minimum absolute atomic E-state index is 0.104. The second-order valence-electron chi connectivity index (χ2n) is 6.78. The number of carbonyl (C=O) groups excluding carboxylic acids is 2. The molecule has 1 fully saturated rings. The lowest BCUT2D eigenvalue weighted by molar-refractivity contribution is -0.122. The van der Waals surface area contributed by atoms with Gasteiger partial charge in [-0.25, -0.2) is 4.39 Å². The first-order chi connectivity index (χ1) is 14.1. The van der Waals surface area contributed by atoms with Crippen LogP contribution < -0.4 is 15.0 Å². The van der Waals surface area contributed by atoms with Gasteiger partial charge in [-0.3, -0.25) is 9.59 Å². The van der Waals surface area contributed by atoms with E-state index in [0.29, 0.717) is 22.9 Å². The number of nitrogens with one attached hydrogen (secondary N) is 1. The molecule has 2 amide bonds. The summed E-state index contributed by atoms with van der Waals surface area (Å²) in [5.41, 5.74) is 1.12. The Morgan fingerprint density at radius 3 is 2.41 bits per heavy atom. The molecule has 1 N–H and O–H groups in total. The molecule has 0 aromatic heterocycles. The highest BCUT2D eigenvalue weighted by molar-refractivity contribution is 6.04. The van der Waals surface area contributed by atoms with E-state index in [4.69, 9.17) is 4.74 Å². The van der Waals surface area contributed by atoms with Gasteiger partial charge < -0.3 is 15.0 Å². The highest BCUT2D eigenvalue weighted by atomic mass is 19.1. The summed E-state index contributed by atoms with van der Waals surface area (Å²) >= 11 is 0. The molecule has 4 rings (SSSR count). The van der Waals surface area contributed by atoms with Crippen LogP contribution in [0.25, 0.3) is 0 Å². The molecule has 1 aliphatic rings. The van der Waals surface area contributed by atoms with Gasteiger partial charge in [0, 0.05) is 18.7 Å². The monoisotopic (exact) mass is 390 g/mol. The van der Waals surface area contributed by atoms with E-state index in [9.17, 15) is 14.0 Å². The Morgan fingerprint density at radius 2 is 1.66 bits per heavy atom. The Morgan fingerprint density at radius 1 is 0.966 bits per heavy atom. The quantitative estimate of drug-likeness (QED) is 0.692. The topological polar surface area (TPSA) is 58.6 Å². The summed E-state index contributed by atoms with van der Waals surface area (Å²) in [6, 6.07) is 22.1. The number of nitrogens with zero attached hydrogens (tertiary/aromatic N) is 1. The predicted molar refractivity (Wildman–Crippen MR) is 108 cm³/mol. The maximum atomic E-state index is 13.0. The Labute approximate surface area is 167 Å². The van der Waals surface area contributed by atoms with Crippen molar-refractivity contribution in [2.45, 2.75) is 6.42 Å². The molecule has 146 valence electrons. The van der Waals surface area contributed by atoms with Crippen molar-refractivity contribution >= 4 is 23.2 Å². The minimum atomic E-state index is -0.502. The lowest BCUT2D eigenvalue weighted by atomic mass is 10.1. The van der Waals surface area contributed by atoms with Crippen LogP contribution in [0.2, 0.25) is 0 Å². The summed E-state index contributed by atoms with van der Waals surface area (Å²) in [6.45, 7) is 0.251. The van der Waals surface area contributed by atoms with Crippen LogP contribution in [-0.2, 0) is 9.59 Å². The molecule has 1 unspecified atom stereocenters. The molecule has 29 heavy (non-hydrogen) atoms. The molecule has 3 aromatic carbocycles. The van der Waals surface area contributed by atoms with E-state index in [1.165, 1.54) is 24.3 Å². The van der Waals surface area contributed by atoms with E-state index in [2.05, 4.69) is 5.32 Å². The van der Waals surface area contributed by atoms with Gasteiger partial charge in [0.25, 0.3) is 0 Å². The third-order valence-electron chi connectivity index (χ3n) is 4.73. The SMILES string of the molecule is O=C(Nc1ccc(F)cc1)C1CC(=O)N(c2ccccc2Oc2ccccc2)C1. The molecule has 1 atom stereocenters. The summed E-state index contributed by atoms with van der Waals surface area (Å²) in [4.78, 5) is 26.8. The first-order valence-corrected chi connectivity index (χ1v) is 9.29. The summed E-state index contributed by atoms with van der Waals surface area (Å²) in [5, 5.41) is 2.74. The van der Waals surface area contributed by atoms with Crippen LogP contribution in [0.4, 0.5) is 15.8 Å². The number of anilines is 2. The average molecular weight is 390 g/mol. The molecule has 3 aromatic rings. The lowest BCUT2D eigenvalue weighted by Crippen LogP contribution is -2.28. The second kappa shape index (κ2) is 8.14. The van der Waals surface area contributed by atoms with E-state index in [1.807, 2.05) is 42.5 Å². The summed E-state index contributed by atoms with van der Waals surface area (Å²) in [5.74, 6) is -0.0799. The molecule has 0 saturated carbocycles. The summed E-state index contributed by atoms with van der Waals surface area (Å²) in [7, 11) is 0. The van der Waals surface area contributed by atoms with E-state index in [0.717, 1.165) is 0 Å². The predicted octanol–water partition coefficient (Wildman–Crippen LogP) is 4.61. The van der Waals surface area contributed by atoms with E-state index < -0.39 is 5.92 Å². The largest absolute Gasteiger partial charge is 0.455 e. The van der Waals surface area contributed by atoms with Gasteiger partial charge in [-0.15, -0.1) is 0 Å². The second-order valence-corrected chi connectivity index (χ2v) is 6.78. The third kappa shape index (κ3) is 4.27.